The van der Waals surface area contributed by atoms with E-state index in [0.717, 1.165) is 29.4 Å². The smallest absolute Gasteiger partial charge is 0.126 e. The van der Waals surface area contributed by atoms with Crippen LogP contribution in [0.2, 0.25) is 0 Å². The molecule has 0 atom stereocenters. The van der Waals surface area contributed by atoms with Crippen molar-refractivity contribution in [2.24, 2.45) is 0 Å². The lowest BCUT2D eigenvalue weighted by atomic mass is 10.2. The molecule has 0 unspecified atom stereocenters. The van der Waals surface area contributed by atoms with E-state index >= 15 is 0 Å². The van der Waals surface area contributed by atoms with E-state index in [1.54, 1.807) is 6.20 Å². The highest BCUT2D eigenvalue weighted by molar-refractivity contribution is 7.99. The van der Waals surface area contributed by atoms with Gasteiger partial charge >= 0.3 is 0 Å². The third-order valence-corrected chi connectivity index (χ3v) is 3.59. The Morgan fingerprint density at radius 2 is 2.06 bits per heavy atom. The number of aromatic nitrogens is 1. The number of nitrogens with zero attached hydrogens (tertiary/aromatic N) is 1. The molecule has 3 N–H and O–H groups in total. The van der Waals surface area contributed by atoms with E-state index in [2.05, 4.69) is 34.6 Å². The SMILES string of the molecule is Cc1cc(NCCSc2ccccc2)ncc1N. The number of hydrogen-bond acceptors (Lipinski definition) is 4. The number of benzene rings is 1. The fourth-order valence-electron chi connectivity index (χ4n) is 1.53. The van der Waals surface area contributed by atoms with Gasteiger partial charge in [0.25, 0.3) is 0 Å². The predicted molar refractivity (Wildman–Crippen MR) is 79.0 cm³/mol. The van der Waals surface area contributed by atoms with E-state index in [0.29, 0.717) is 0 Å². The Bertz CT molecular complexity index is 500. The molecule has 0 bridgehead atoms. The largest absolute Gasteiger partial charge is 0.397 e. The van der Waals surface area contributed by atoms with Crippen LogP contribution in [0.4, 0.5) is 11.5 Å². The molecule has 0 aliphatic rings. The van der Waals surface area contributed by atoms with Crippen LogP contribution in [0.5, 0.6) is 0 Å². The Hall–Kier alpha value is -1.68. The van der Waals surface area contributed by atoms with Crippen LogP contribution in [0.3, 0.4) is 0 Å². The third kappa shape index (κ3) is 3.67. The first kappa shape index (κ1) is 12.8. The van der Waals surface area contributed by atoms with Crippen molar-refractivity contribution in [3.63, 3.8) is 0 Å². The third-order valence-electron chi connectivity index (χ3n) is 2.57. The average Bonchev–Trinajstić information content (AvgIpc) is 2.40. The second-order valence-corrected chi connectivity index (χ2v) is 5.18. The van der Waals surface area contributed by atoms with Gasteiger partial charge < -0.3 is 11.1 Å². The Morgan fingerprint density at radius 1 is 1.28 bits per heavy atom. The zero-order valence-corrected chi connectivity index (χ0v) is 11.2. The van der Waals surface area contributed by atoms with Gasteiger partial charge in [-0.05, 0) is 30.7 Å². The first-order valence-electron chi connectivity index (χ1n) is 5.89. The molecule has 0 saturated carbocycles. The molecule has 2 aromatic rings. The maximum absolute atomic E-state index is 5.73. The average molecular weight is 259 g/mol. The highest BCUT2D eigenvalue weighted by Crippen LogP contribution is 2.17. The van der Waals surface area contributed by atoms with E-state index in [1.807, 2.05) is 30.8 Å². The van der Waals surface area contributed by atoms with Gasteiger partial charge in [-0.3, -0.25) is 0 Å². The molecule has 0 radical (unpaired) electrons. The predicted octanol–water partition coefficient (Wildman–Crippen LogP) is 3.18. The second-order valence-electron chi connectivity index (χ2n) is 4.01. The summed E-state index contributed by atoms with van der Waals surface area (Å²) in [7, 11) is 0. The molecule has 4 heteroatoms. The summed E-state index contributed by atoms with van der Waals surface area (Å²) in [6.45, 7) is 2.87. The number of nitrogens with two attached hydrogens (primary N) is 1. The monoisotopic (exact) mass is 259 g/mol. The van der Waals surface area contributed by atoms with Gasteiger partial charge in [0.2, 0.25) is 0 Å². The van der Waals surface area contributed by atoms with Gasteiger partial charge in [-0.25, -0.2) is 4.98 Å². The van der Waals surface area contributed by atoms with E-state index in [1.165, 1.54) is 4.90 Å². The fraction of sp³-hybridized carbons (Fsp3) is 0.214. The molecule has 2 rings (SSSR count). The molecule has 0 aliphatic carbocycles. The first-order chi connectivity index (χ1) is 8.75. The van der Waals surface area contributed by atoms with Crippen molar-refractivity contribution in [3.8, 4) is 0 Å². The van der Waals surface area contributed by atoms with E-state index in [-0.39, 0.29) is 0 Å². The topological polar surface area (TPSA) is 50.9 Å². The van der Waals surface area contributed by atoms with Crippen LogP contribution in [-0.2, 0) is 0 Å². The lowest BCUT2D eigenvalue weighted by Crippen LogP contribution is -2.06. The Morgan fingerprint density at radius 3 is 2.78 bits per heavy atom. The van der Waals surface area contributed by atoms with Gasteiger partial charge in [0.05, 0.1) is 11.9 Å². The summed E-state index contributed by atoms with van der Waals surface area (Å²) in [6, 6.07) is 12.4. The van der Waals surface area contributed by atoms with Gasteiger partial charge in [0, 0.05) is 17.2 Å². The molecule has 0 amide bonds. The summed E-state index contributed by atoms with van der Waals surface area (Å²) in [5.74, 6) is 1.89. The molecule has 3 nitrogen and oxygen atoms in total. The van der Waals surface area contributed by atoms with Crippen molar-refractivity contribution in [2.75, 3.05) is 23.3 Å². The summed E-state index contributed by atoms with van der Waals surface area (Å²) in [5.41, 5.74) is 7.52. The van der Waals surface area contributed by atoms with Crippen molar-refractivity contribution in [3.05, 3.63) is 48.2 Å². The van der Waals surface area contributed by atoms with Crippen LogP contribution >= 0.6 is 11.8 Å². The van der Waals surface area contributed by atoms with Gasteiger partial charge in [-0.15, -0.1) is 11.8 Å². The van der Waals surface area contributed by atoms with Crippen LogP contribution in [0.25, 0.3) is 0 Å². The van der Waals surface area contributed by atoms with Crippen LogP contribution in [-0.4, -0.2) is 17.3 Å². The van der Waals surface area contributed by atoms with Crippen molar-refractivity contribution >= 4 is 23.3 Å². The lowest BCUT2D eigenvalue weighted by molar-refractivity contribution is 1.16. The molecule has 1 heterocycles. The number of nitrogen functional groups attached to an aromatic ring is 1. The van der Waals surface area contributed by atoms with E-state index < -0.39 is 0 Å². The molecule has 0 aliphatic heterocycles. The normalized spacial score (nSPS) is 10.3. The number of hydrogen-bond donors (Lipinski definition) is 2. The number of aryl methyl sites for hydroxylation is 1. The molecular weight excluding hydrogens is 242 g/mol. The first-order valence-corrected chi connectivity index (χ1v) is 6.88. The molecule has 0 saturated heterocycles. The summed E-state index contributed by atoms with van der Waals surface area (Å²) >= 11 is 1.83. The minimum atomic E-state index is 0.735. The molecule has 18 heavy (non-hydrogen) atoms. The van der Waals surface area contributed by atoms with Crippen LogP contribution in [0.1, 0.15) is 5.56 Å². The summed E-state index contributed by atoms with van der Waals surface area (Å²) in [4.78, 5) is 5.53. The molecule has 1 aromatic heterocycles. The molecule has 94 valence electrons. The second kappa shape index (κ2) is 6.31. The summed E-state index contributed by atoms with van der Waals surface area (Å²) in [6.07, 6.45) is 1.70. The minimum Gasteiger partial charge on any atom is -0.397 e. The van der Waals surface area contributed by atoms with E-state index in [9.17, 15) is 0 Å². The highest BCUT2D eigenvalue weighted by atomic mass is 32.2. The number of nitrogens with one attached hydrogen (secondary N) is 1. The van der Waals surface area contributed by atoms with Crippen molar-refractivity contribution in [1.29, 1.82) is 0 Å². The van der Waals surface area contributed by atoms with Crippen LogP contribution in [0, 0.1) is 6.92 Å². The maximum atomic E-state index is 5.73. The van der Waals surface area contributed by atoms with E-state index in [4.69, 9.17) is 5.73 Å². The number of anilines is 2. The van der Waals surface area contributed by atoms with Gasteiger partial charge in [0.15, 0.2) is 0 Å². The molecule has 1 aromatic carbocycles. The zero-order chi connectivity index (χ0) is 12.8. The van der Waals surface area contributed by atoms with Gasteiger partial charge in [-0.2, -0.15) is 0 Å². The lowest BCUT2D eigenvalue weighted by Gasteiger charge is -2.07. The summed E-state index contributed by atoms with van der Waals surface area (Å²) in [5, 5.41) is 3.30. The molecule has 0 spiro atoms. The number of thioether (sulfide) groups is 1. The quantitative estimate of drug-likeness (QED) is 0.639. The Kier molecular flexibility index (Phi) is 4.47. The highest BCUT2D eigenvalue weighted by Gasteiger charge is 1.98. The zero-order valence-electron chi connectivity index (χ0n) is 10.4. The number of rotatable bonds is 5. The van der Waals surface area contributed by atoms with Crippen LogP contribution in [0.15, 0.2) is 47.5 Å². The summed E-state index contributed by atoms with van der Waals surface area (Å²) < 4.78 is 0. The Labute approximate surface area is 112 Å². The molecule has 0 fully saturated rings. The number of pyridine rings is 1. The van der Waals surface area contributed by atoms with Crippen molar-refractivity contribution in [2.45, 2.75) is 11.8 Å². The molecular formula is C14H17N3S. The maximum Gasteiger partial charge on any atom is 0.126 e. The fourth-order valence-corrected chi connectivity index (χ4v) is 2.32. The van der Waals surface area contributed by atoms with Gasteiger partial charge in [-0.1, -0.05) is 18.2 Å². The standard InChI is InChI=1S/C14H17N3S/c1-11-9-14(17-10-13(11)15)16-7-8-18-12-5-3-2-4-6-12/h2-6,9-10H,7-8,15H2,1H3,(H,16,17). The minimum absolute atomic E-state index is 0.735. The van der Waals surface area contributed by atoms with Crippen molar-refractivity contribution in [1.82, 2.24) is 4.98 Å². The van der Waals surface area contributed by atoms with Gasteiger partial charge in [0.1, 0.15) is 5.82 Å². The van der Waals surface area contributed by atoms with Crippen molar-refractivity contribution < 1.29 is 0 Å². The Balaban J connectivity index is 1.77. The van der Waals surface area contributed by atoms with Crippen LogP contribution < -0.4 is 11.1 Å².